The average Bonchev–Trinajstić information content (AvgIpc) is 2.43. The molecule has 0 bridgehead atoms. The molecule has 1 N–H and O–H groups in total. The van der Waals surface area contributed by atoms with E-state index in [4.69, 9.17) is 11.6 Å². The lowest BCUT2D eigenvalue weighted by molar-refractivity contribution is -0.0498. The van der Waals surface area contributed by atoms with E-state index in [1.807, 2.05) is 25.1 Å². The van der Waals surface area contributed by atoms with Gasteiger partial charge in [0.2, 0.25) is 0 Å². The summed E-state index contributed by atoms with van der Waals surface area (Å²) >= 11 is 9.37. The van der Waals surface area contributed by atoms with Crippen LogP contribution in [-0.4, -0.2) is 6.61 Å². The van der Waals surface area contributed by atoms with E-state index in [0.29, 0.717) is 5.02 Å². The van der Waals surface area contributed by atoms with Crippen LogP contribution in [0.4, 0.5) is 14.5 Å². The van der Waals surface area contributed by atoms with E-state index in [0.717, 1.165) is 15.7 Å². The van der Waals surface area contributed by atoms with Crippen LogP contribution in [0.2, 0.25) is 5.02 Å². The lowest BCUT2D eigenvalue weighted by Gasteiger charge is -2.16. The van der Waals surface area contributed by atoms with Gasteiger partial charge < -0.3 is 10.1 Å². The first-order valence-electron chi connectivity index (χ1n) is 6.22. The van der Waals surface area contributed by atoms with Crippen molar-refractivity contribution in [1.82, 2.24) is 0 Å². The van der Waals surface area contributed by atoms with E-state index in [-0.39, 0.29) is 11.8 Å². The minimum Gasteiger partial charge on any atom is -0.435 e. The Labute approximate surface area is 135 Å². The largest absolute Gasteiger partial charge is 0.435 e. The number of nitrogens with one attached hydrogen (secondary N) is 1. The van der Waals surface area contributed by atoms with Gasteiger partial charge in [-0.1, -0.05) is 23.7 Å². The Bertz CT molecular complexity index is 607. The van der Waals surface area contributed by atoms with E-state index in [9.17, 15) is 8.78 Å². The molecule has 112 valence electrons. The number of halogens is 4. The molecule has 0 aliphatic carbocycles. The van der Waals surface area contributed by atoms with Crippen LogP contribution in [0, 0.1) is 0 Å². The van der Waals surface area contributed by atoms with Crippen molar-refractivity contribution < 1.29 is 13.5 Å². The second kappa shape index (κ2) is 7.09. The average molecular weight is 377 g/mol. The highest BCUT2D eigenvalue weighted by molar-refractivity contribution is 9.10. The standard InChI is InChI=1S/C15H13BrClF2NO/c1-9(20-11-4-7-13(16)14(17)8-11)10-2-5-12(6-3-10)21-15(18)19/h2-9,15,20H,1H3. The van der Waals surface area contributed by atoms with Crippen LogP contribution >= 0.6 is 27.5 Å². The monoisotopic (exact) mass is 375 g/mol. The second-order valence-electron chi connectivity index (χ2n) is 4.44. The fraction of sp³-hybridized carbons (Fsp3) is 0.200. The predicted octanol–water partition coefficient (Wildman–Crippen LogP) is 5.88. The number of benzene rings is 2. The first-order valence-corrected chi connectivity index (χ1v) is 7.39. The summed E-state index contributed by atoms with van der Waals surface area (Å²) in [5.74, 6) is 0.146. The summed E-state index contributed by atoms with van der Waals surface area (Å²) in [5, 5.41) is 3.91. The number of ether oxygens (including phenoxy) is 1. The van der Waals surface area contributed by atoms with Crippen molar-refractivity contribution in [2.45, 2.75) is 19.6 Å². The van der Waals surface area contributed by atoms with Crippen molar-refractivity contribution in [2.75, 3.05) is 5.32 Å². The first-order chi connectivity index (χ1) is 9.95. The maximum Gasteiger partial charge on any atom is 0.387 e. The molecule has 2 aromatic carbocycles. The minimum atomic E-state index is -2.81. The van der Waals surface area contributed by atoms with Gasteiger partial charge in [0.25, 0.3) is 0 Å². The second-order valence-corrected chi connectivity index (χ2v) is 5.70. The highest BCUT2D eigenvalue weighted by Crippen LogP contribution is 2.28. The lowest BCUT2D eigenvalue weighted by Crippen LogP contribution is -2.07. The predicted molar refractivity (Wildman–Crippen MR) is 84.3 cm³/mol. The van der Waals surface area contributed by atoms with E-state index in [2.05, 4.69) is 26.0 Å². The van der Waals surface area contributed by atoms with Crippen molar-refractivity contribution in [2.24, 2.45) is 0 Å². The van der Waals surface area contributed by atoms with Gasteiger partial charge in [0.05, 0.1) is 5.02 Å². The molecule has 0 aliphatic heterocycles. The first kappa shape index (κ1) is 16.0. The summed E-state index contributed by atoms with van der Waals surface area (Å²) in [6.07, 6.45) is 0. The Morgan fingerprint density at radius 3 is 2.38 bits per heavy atom. The number of hydrogen-bond acceptors (Lipinski definition) is 2. The molecule has 2 nitrogen and oxygen atoms in total. The van der Waals surface area contributed by atoms with Gasteiger partial charge in [0.15, 0.2) is 0 Å². The van der Waals surface area contributed by atoms with Crippen LogP contribution in [-0.2, 0) is 0 Å². The molecule has 0 spiro atoms. The van der Waals surface area contributed by atoms with Gasteiger partial charge in [-0.05, 0) is 58.7 Å². The Morgan fingerprint density at radius 2 is 1.81 bits per heavy atom. The number of rotatable bonds is 5. The summed E-state index contributed by atoms with van der Waals surface area (Å²) in [6.45, 7) is -0.838. The molecule has 1 unspecified atom stereocenters. The number of hydrogen-bond donors (Lipinski definition) is 1. The smallest absolute Gasteiger partial charge is 0.387 e. The molecule has 0 heterocycles. The quantitative estimate of drug-likeness (QED) is 0.704. The molecular weight excluding hydrogens is 364 g/mol. The third-order valence-electron chi connectivity index (χ3n) is 2.91. The number of alkyl halides is 2. The highest BCUT2D eigenvalue weighted by atomic mass is 79.9. The molecule has 0 aromatic heterocycles. The highest BCUT2D eigenvalue weighted by Gasteiger charge is 2.08. The van der Waals surface area contributed by atoms with Crippen molar-refractivity contribution in [3.63, 3.8) is 0 Å². The Hall–Kier alpha value is -1.33. The summed E-state index contributed by atoms with van der Waals surface area (Å²) in [5.41, 5.74) is 1.83. The minimum absolute atomic E-state index is 0.00263. The molecule has 0 radical (unpaired) electrons. The van der Waals surface area contributed by atoms with E-state index >= 15 is 0 Å². The van der Waals surface area contributed by atoms with Crippen LogP contribution in [0.15, 0.2) is 46.9 Å². The zero-order valence-electron chi connectivity index (χ0n) is 11.1. The van der Waals surface area contributed by atoms with Gasteiger partial charge in [-0.2, -0.15) is 8.78 Å². The molecule has 6 heteroatoms. The van der Waals surface area contributed by atoms with Crippen LogP contribution in [0.1, 0.15) is 18.5 Å². The molecule has 0 aliphatic rings. The third kappa shape index (κ3) is 4.58. The van der Waals surface area contributed by atoms with Crippen LogP contribution in [0.5, 0.6) is 5.75 Å². The number of anilines is 1. The van der Waals surface area contributed by atoms with Gasteiger partial charge in [-0.15, -0.1) is 0 Å². The lowest BCUT2D eigenvalue weighted by atomic mass is 10.1. The molecule has 2 aromatic rings. The third-order valence-corrected chi connectivity index (χ3v) is 4.14. The Kier molecular flexibility index (Phi) is 5.42. The van der Waals surface area contributed by atoms with Crippen molar-refractivity contribution in [3.05, 3.63) is 57.5 Å². The normalized spacial score (nSPS) is 12.3. The topological polar surface area (TPSA) is 21.3 Å². The molecule has 21 heavy (non-hydrogen) atoms. The van der Waals surface area contributed by atoms with Crippen LogP contribution in [0.3, 0.4) is 0 Å². The summed E-state index contributed by atoms with van der Waals surface area (Å²) in [4.78, 5) is 0. The molecule has 0 saturated heterocycles. The maximum atomic E-state index is 12.1. The van der Waals surface area contributed by atoms with E-state index in [1.165, 1.54) is 12.1 Å². The summed E-state index contributed by atoms with van der Waals surface area (Å²) in [6, 6.07) is 12.1. The van der Waals surface area contributed by atoms with Gasteiger partial charge in [0, 0.05) is 16.2 Å². The van der Waals surface area contributed by atoms with Gasteiger partial charge in [0.1, 0.15) is 5.75 Å². The molecule has 0 amide bonds. The maximum absolute atomic E-state index is 12.1. The fourth-order valence-electron chi connectivity index (χ4n) is 1.86. The summed E-state index contributed by atoms with van der Waals surface area (Å²) < 4.78 is 29.3. The van der Waals surface area contributed by atoms with Crippen molar-refractivity contribution >= 4 is 33.2 Å². The van der Waals surface area contributed by atoms with Crippen molar-refractivity contribution in [3.8, 4) is 5.75 Å². The fourth-order valence-corrected chi connectivity index (χ4v) is 2.28. The molecular formula is C15H13BrClF2NO. The molecule has 1 atom stereocenters. The SMILES string of the molecule is CC(Nc1ccc(Br)c(Cl)c1)c1ccc(OC(F)F)cc1. The van der Waals surface area contributed by atoms with Gasteiger partial charge >= 0.3 is 6.61 Å². The Balaban J connectivity index is 2.05. The summed E-state index contributed by atoms with van der Waals surface area (Å²) in [7, 11) is 0. The molecule has 0 fully saturated rings. The van der Waals surface area contributed by atoms with Gasteiger partial charge in [-0.3, -0.25) is 0 Å². The molecule has 2 rings (SSSR count). The van der Waals surface area contributed by atoms with E-state index in [1.54, 1.807) is 12.1 Å². The molecule has 0 saturated carbocycles. The van der Waals surface area contributed by atoms with Crippen molar-refractivity contribution in [1.29, 1.82) is 0 Å². The zero-order valence-corrected chi connectivity index (χ0v) is 13.5. The van der Waals surface area contributed by atoms with E-state index < -0.39 is 6.61 Å². The Morgan fingerprint density at radius 1 is 1.14 bits per heavy atom. The zero-order chi connectivity index (χ0) is 15.4. The van der Waals surface area contributed by atoms with Crippen LogP contribution < -0.4 is 10.1 Å². The van der Waals surface area contributed by atoms with Gasteiger partial charge in [-0.25, -0.2) is 0 Å². The van der Waals surface area contributed by atoms with Crippen LogP contribution in [0.25, 0.3) is 0 Å².